The summed E-state index contributed by atoms with van der Waals surface area (Å²) in [6, 6.07) is 1.26. The number of rotatable bonds is 3. The minimum absolute atomic E-state index is 0.187. The van der Waals surface area contributed by atoms with Crippen LogP contribution in [0.5, 0.6) is 5.88 Å². The number of amides is 2. The van der Waals surface area contributed by atoms with E-state index < -0.39 is 6.10 Å². The first-order valence-electron chi connectivity index (χ1n) is 6.86. The summed E-state index contributed by atoms with van der Waals surface area (Å²) in [7, 11) is 1.51. The van der Waals surface area contributed by atoms with Gasteiger partial charge >= 0.3 is 6.03 Å². The number of aryl methyl sites for hydroxylation is 1. The largest absolute Gasteiger partial charge is 0.480 e. The van der Waals surface area contributed by atoms with Crippen LogP contribution in [-0.2, 0) is 0 Å². The summed E-state index contributed by atoms with van der Waals surface area (Å²) >= 11 is 0. The summed E-state index contributed by atoms with van der Waals surface area (Å²) in [5.41, 5.74) is 1.45. The van der Waals surface area contributed by atoms with E-state index in [0.717, 1.165) is 31.2 Å². The highest BCUT2D eigenvalue weighted by Crippen LogP contribution is 2.22. The molecule has 2 amide bonds. The maximum atomic E-state index is 12.0. The van der Waals surface area contributed by atoms with Gasteiger partial charge in [0.15, 0.2) is 0 Å². The van der Waals surface area contributed by atoms with E-state index in [1.165, 1.54) is 7.11 Å². The number of methoxy groups -OCH3 is 1. The molecule has 1 heterocycles. The quantitative estimate of drug-likeness (QED) is 0.788. The van der Waals surface area contributed by atoms with Gasteiger partial charge in [0.05, 0.1) is 19.3 Å². The van der Waals surface area contributed by atoms with E-state index in [2.05, 4.69) is 15.6 Å². The SMILES string of the molecule is COc1ncc(C)cc1NC(=O)N[C@H]1CCCC[C@H]1O. The Morgan fingerprint density at radius 2 is 2.20 bits per heavy atom. The molecule has 0 aliphatic heterocycles. The highest BCUT2D eigenvalue weighted by molar-refractivity contribution is 5.90. The molecule has 0 unspecified atom stereocenters. The molecule has 2 atom stereocenters. The van der Waals surface area contributed by atoms with E-state index in [1.54, 1.807) is 12.3 Å². The molecule has 1 saturated carbocycles. The number of carbonyl (C=O) groups excluding carboxylic acids is 1. The molecule has 0 bridgehead atoms. The van der Waals surface area contributed by atoms with Crippen LogP contribution in [0.3, 0.4) is 0 Å². The number of hydrogen-bond acceptors (Lipinski definition) is 4. The predicted octanol–water partition coefficient (Wildman–Crippen LogP) is 1.82. The van der Waals surface area contributed by atoms with Crippen LogP contribution in [0.25, 0.3) is 0 Å². The van der Waals surface area contributed by atoms with E-state index in [4.69, 9.17) is 4.74 Å². The third-order valence-corrected chi connectivity index (χ3v) is 3.48. The number of ether oxygens (including phenoxy) is 1. The van der Waals surface area contributed by atoms with Crippen LogP contribution in [0.2, 0.25) is 0 Å². The zero-order valence-corrected chi connectivity index (χ0v) is 11.8. The number of nitrogens with one attached hydrogen (secondary N) is 2. The van der Waals surface area contributed by atoms with Crippen molar-refractivity contribution in [3.8, 4) is 5.88 Å². The molecule has 0 saturated heterocycles. The average Bonchev–Trinajstić information content (AvgIpc) is 2.41. The van der Waals surface area contributed by atoms with Gasteiger partial charge in [-0.15, -0.1) is 0 Å². The number of aromatic nitrogens is 1. The molecule has 0 radical (unpaired) electrons. The Kier molecular flexibility index (Phi) is 4.79. The number of urea groups is 1. The first kappa shape index (κ1) is 14.6. The lowest BCUT2D eigenvalue weighted by Crippen LogP contribution is -2.46. The molecule has 2 rings (SSSR count). The summed E-state index contributed by atoms with van der Waals surface area (Å²) in [5.74, 6) is 0.370. The van der Waals surface area contributed by atoms with Gasteiger partial charge in [0.2, 0.25) is 5.88 Å². The van der Waals surface area contributed by atoms with Crippen molar-refractivity contribution in [1.82, 2.24) is 10.3 Å². The second-order valence-corrected chi connectivity index (χ2v) is 5.13. The van der Waals surface area contributed by atoms with Crippen molar-refractivity contribution in [3.63, 3.8) is 0 Å². The third-order valence-electron chi connectivity index (χ3n) is 3.48. The minimum Gasteiger partial charge on any atom is -0.480 e. The van der Waals surface area contributed by atoms with Gasteiger partial charge in [-0.25, -0.2) is 9.78 Å². The van der Waals surface area contributed by atoms with Crippen LogP contribution in [-0.4, -0.2) is 35.4 Å². The van der Waals surface area contributed by atoms with Crippen LogP contribution in [0.1, 0.15) is 31.2 Å². The fourth-order valence-corrected chi connectivity index (χ4v) is 2.42. The molecule has 1 aliphatic rings. The van der Waals surface area contributed by atoms with Crippen LogP contribution < -0.4 is 15.4 Å². The van der Waals surface area contributed by atoms with Crippen LogP contribution >= 0.6 is 0 Å². The smallest absolute Gasteiger partial charge is 0.319 e. The Bertz CT molecular complexity index is 479. The molecule has 0 aromatic carbocycles. The molecule has 1 aromatic rings. The molecule has 1 aliphatic carbocycles. The Balaban J connectivity index is 1.99. The second kappa shape index (κ2) is 6.56. The van der Waals surface area contributed by atoms with Gasteiger partial charge in [-0.2, -0.15) is 0 Å². The third kappa shape index (κ3) is 3.60. The Morgan fingerprint density at radius 1 is 1.45 bits per heavy atom. The maximum absolute atomic E-state index is 12.0. The Hall–Kier alpha value is -1.82. The molecule has 0 spiro atoms. The topological polar surface area (TPSA) is 83.5 Å². The molecule has 110 valence electrons. The number of aliphatic hydroxyl groups is 1. The first-order chi connectivity index (χ1) is 9.60. The molecule has 3 N–H and O–H groups in total. The highest BCUT2D eigenvalue weighted by Gasteiger charge is 2.24. The number of pyridine rings is 1. The zero-order valence-electron chi connectivity index (χ0n) is 11.8. The fourth-order valence-electron chi connectivity index (χ4n) is 2.42. The van der Waals surface area contributed by atoms with Crippen molar-refractivity contribution in [2.75, 3.05) is 12.4 Å². The molecular formula is C14H21N3O3. The maximum Gasteiger partial charge on any atom is 0.319 e. The minimum atomic E-state index is -0.466. The Morgan fingerprint density at radius 3 is 2.90 bits per heavy atom. The highest BCUT2D eigenvalue weighted by atomic mass is 16.5. The first-order valence-corrected chi connectivity index (χ1v) is 6.86. The molecule has 20 heavy (non-hydrogen) atoms. The number of nitrogens with zero attached hydrogens (tertiary/aromatic N) is 1. The summed E-state index contributed by atoms with van der Waals surface area (Å²) in [5, 5.41) is 15.4. The molecular weight excluding hydrogens is 258 g/mol. The fraction of sp³-hybridized carbons (Fsp3) is 0.571. The van der Waals surface area contributed by atoms with E-state index in [0.29, 0.717) is 11.6 Å². The van der Waals surface area contributed by atoms with Crippen LogP contribution in [0.15, 0.2) is 12.3 Å². The number of hydrogen-bond donors (Lipinski definition) is 3. The van der Waals surface area contributed by atoms with Crippen molar-refractivity contribution >= 4 is 11.7 Å². The lowest BCUT2D eigenvalue weighted by Gasteiger charge is -2.28. The molecule has 1 fully saturated rings. The van der Waals surface area contributed by atoms with Crippen LogP contribution in [0, 0.1) is 6.92 Å². The van der Waals surface area contributed by atoms with E-state index >= 15 is 0 Å². The van der Waals surface area contributed by atoms with Gasteiger partial charge in [0.1, 0.15) is 5.69 Å². The van der Waals surface area contributed by atoms with Gasteiger partial charge in [-0.05, 0) is 31.4 Å². The summed E-state index contributed by atoms with van der Waals surface area (Å²) in [6.45, 7) is 1.89. The number of carbonyl (C=O) groups is 1. The Labute approximate surface area is 118 Å². The zero-order chi connectivity index (χ0) is 14.5. The monoisotopic (exact) mass is 279 g/mol. The van der Waals surface area contributed by atoms with E-state index in [1.807, 2.05) is 6.92 Å². The standard InChI is InChI=1S/C14H21N3O3/c1-9-7-11(13(20-2)15-8-9)17-14(19)16-10-5-3-4-6-12(10)18/h7-8,10,12,18H,3-6H2,1-2H3,(H2,16,17,19)/t10-,12+/m0/s1. The predicted molar refractivity (Wildman–Crippen MR) is 75.9 cm³/mol. The van der Waals surface area contributed by atoms with Crippen LogP contribution in [0.4, 0.5) is 10.5 Å². The lowest BCUT2D eigenvalue weighted by atomic mass is 9.93. The number of anilines is 1. The molecule has 6 heteroatoms. The summed E-state index contributed by atoms with van der Waals surface area (Å²) in [6.07, 6.45) is 4.78. The van der Waals surface area contributed by atoms with Crippen molar-refractivity contribution < 1.29 is 14.6 Å². The van der Waals surface area contributed by atoms with Gasteiger partial charge in [-0.3, -0.25) is 0 Å². The normalized spacial score (nSPS) is 22.1. The van der Waals surface area contributed by atoms with Gasteiger partial charge in [-0.1, -0.05) is 12.8 Å². The molecule has 6 nitrogen and oxygen atoms in total. The van der Waals surface area contributed by atoms with Gasteiger partial charge < -0.3 is 20.5 Å². The lowest BCUT2D eigenvalue weighted by molar-refractivity contribution is 0.0955. The summed E-state index contributed by atoms with van der Waals surface area (Å²) in [4.78, 5) is 16.1. The van der Waals surface area contributed by atoms with E-state index in [-0.39, 0.29) is 12.1 Å². The van der Waals surface area contributed by atoms with E-state index in [9.17, 15) is 9.90 Å². The summed E-state index contributed by atoms with van der Waals surface area (Å²) < 4.78 is 5.11. The van der Waals surface area contributed by atoms with Crippen molar-refractivity contribution in [2.24, 2.45) is 0 Å². The van der Waals surface area contributed by atoms with Crippen molar-refractivity contribution in [1.29, 1.82) is 0 Å². The second-order valence-electron chi connectivity index (χ2n) is 5.13. The van der Waals surface area contributed by atoms with Gasteiger partial charge in [0, 0.05) is 6.20 Å². The molecule has 1 aromatic heterocycles. The average molecular weight is 279 g/mol. The van der Waals surface area contributed by atoms with Gasteiger partial charge in [0.25, 0.3) is 0 Å². The van der Waals surface area contributed by atoms with Crippen molar-refractivity contribution in [3.05, 3.63) is 17.8 Å². The number of aliphatic hydroxyl groups excluding tert-OH is 1. The van der Waals surface area contributed by atoms with Crippen molar-refractivity contribution in [2.45, 2.75) is 44.8 Å².